The molecule has 3 nitrogen and oxygen atoms in total. The maximum absolute atomic E-state index is 13.0. The normalized spacial score (nSPS) is 17.2. The summed E-state index contributed by atoms with van der Waals surface area (Å²) in [5, 5.41) is 0.643. The Balaban J connectivity index is 2.29. The van der Waals surface area contributed by atoms with Crippen molar-refractivity contribution in [2.24, 2.45) is 11.1 Å². The predicted molar refractivity (Wildman–Crippen MR) is 91.6 cm³/mol. The van der Waals surface area contributed by atoms with Gasteiger partial charge in [0.2, 0.25) is 5.91 Å². The quantitative estimate of drug-likeness (QED) is 0.779. The first-order valence-electron chi connectivity index (χ1n) is 7.57. The zero-order valence-corrected chi connectivity index (χ0v) is 13.6. The van der Waals surface area contributed by atoms with Crippen molar-refractivity contribution >= 4 is 17.5 Å². The molecule has 0 spiro atoms. The molecule has 0 heterocycles. The Hall–Kier alpha value is -1.58. The van der Waals surface area contributed by atoms with Crippen LogP contribution in [0.1, 0.15) is 30.9 Å². The fourth-order valence-electron chi connectivity index (χ4n) is 3.10. The van der Waals surface area contributed by atoms with Gasteiger partial charge >= 0.3 is 0 Å². The third-order valence-corrected chi connectivity index (χ3v) is 4.70. The third-order valence-electron chi connectivity index (χ3n) is 4.46. The predicted octanol–water partition coefficient (Wildman–Crippen LogP) is 3.71. The number of rotatable bonds is 7. The van der Waals surface area contributed by atoms with E-state index in [-0.39, 0.29) is 11.9 Å². The average Bonchev–Trinajstić information content (AvgIpc) is 2.45. The van der Waals surface area contributed by atoms with E-state index in [4.69, 9.17) is 17.3 Å². The van der Waals surface area contributed by atoms with Crippen molar-refractivity contribution in [1.29, 1.82) is 0 Å². The molecule has 1 unspecified atom stereocenters. The fraction of sp³-hybridized carbons (Fsp3) is 0.389. The van der Waals surface area contributed by atoms with Crippen LogP contribution in [0.4, 0.5) is 0 Å². The van der Waals surface area contributed by atoms with E-state index >= 15 is 0 Å². The number of halogens is 1. The molecule has 1 saturated carbocycles. The lowest BCUT2D eigenvalue weighted by molar-refractivity contribution is -0.148. The molecule has 1 aliphatic rings. The van der Waals surface area contributed by atoms with Gasteiger partial charge in [-0.1, -0.05) is 42.3 Å². The van der Waals surface area contributed by atoms with Gasteiger partial charge in [0.15, 0.2) is 0 Å². The van der Waals surface area contributed by atoms with E-state index in [1.807, 2.05) is 24.3 Å². The monoisotopic (exact) mass is 318 g/mol. The van der Waals surface area contributed by atoms with Crippen molar-refractivity contribution < 1.29 is 4.79 Å². The summed E-state index contributed by atoms with van der Waals surface area (Å²) < 4.78 is 0. The Morgan fingerprint density at radius 1 is 1.36 bits per heavy atom. The maximum Gasteiger partial charge on any atom is 0.231 e. The summed E-state index contributed by atoms with van der Waals surface area (Å²) in [4.78, 5) is 14.8. The van der Waals surface area contributed by atoms with E-state index in [0.29, 0.717) is 18.1 Å². The highest BCUT2D eigenvalue weighted by Gasteiger charge is 2.50. The van der Waals surface area contributed by atoms with E-state index in [2.05, 4.69) is 13.2 Å². The van der Waals surface area contributed by atoms with Gasteiger partial charge in [0.05, 0.1) is 5.41 Å². The van der Waals surface area contributed by atoms with Crippen LogP contribution in [0.25, 0.3) is 0 Å². The van der Waals surface area contributed by atoms with Gasteiger partial charge in [0.25, 0.3) is 0 Å². The molecule has 22 heavy (non-hydrogen) atoms. The summed E-state index contributed by atoms with van der Waals surface area (Å²) in [7, 11) is 0. The highest BCUT2D eigenvalue weighted by molar-refractivity contribution is 6.30. The molecule has 1 aliphatic carbocycles. The van der Waals surface area contributed by atoms with Crippen molar-refractivity contribution in [3.05, 3.63) is 60.2 Å². The Bertz CT molecular complexity index is 556. The number of amides is 1. The number of carbonyl (C=O) groups excluding carboxylic acids is 1. The molecule has 1 fully saturated rings. The summed E-state index contributed by atoms with van der Waals surface area (Å²) in [6.07, 6.45) is 6.11. The number of carbonyl (C=O) groups is 1. The molecule has 118 valence electrons. The summed E-state index contributed by atoms with van der Waals surface area (Å²) >= 11 is 6.06. The first-order chi connectivity index (χ1) is 10.5. The first-order valence-corrected chi connectivity index (χ1v) is 7.95. The zero-order chi connectivity index (χ0) is 16.2. The minimum absolute atomic E-state index is 0.0889. The molecule has 1 atom stereocenters. The Morgan fingerprint density at radius 2 is 2.00 bits per heavy atom. The van der Waals surface area contributed by atoms with Crippen LogP contribution < -0.4 is 5.73 Å². The SMILES string of the molecule is C=CCN(CC=C)C(=O)C1(C(N)c2cccc(Cl)c2)CCC1. The number of benzene rings is 1. The fourth-order valence-corrected chi connectivity index (χ4v) is 3.30. The molecule has 2 rings (SSSR count). The summed E-state index contributed by atoms with van der Waals surface area (Å²) in [5.41, 5.74) is 6.86. The van der Waals surface area contributed by atoms with Crippen molar-refractivity contribution in [3.63, 3.8) is 0 Å². The molecule has 0 radical (unpaired) electrons. The van der Waals surface area contributed by atoms with Gasteiger partial charge in [0, 0.05) is 24.2 Å². The van der Waals surface area contributed by atoms with Crippen LogP contribution in [0.2, 0.25) is 5.02 Å². The Morgan fingerprint density at radius 3 is 2.45 bits per heavy atom. The molecule has 1 amide bonds. The van der Waals surface area contributed by atoms with E-state index in [0.717, 1.165) is 24.8 Å². The second-order valence-corrected chi connectivity index (χ2v) is 6.27. The molecule has 0 bridgehead atoms. The molecule has 1 aromatic carbocycles. The largest absolute Gasteiger partial charge is 0.335 e. The van der Waals surface area contributed by atoms with Crippen LogP contribution in [0.5, 0.6) is 0 Å². The Kier molecular flexibility index (Phi) is 5.43. The van der Waals surface area contributed by atoms with Gasteiger partial charge in [-0.2, -0.15) is 0 Å². The van der Waals surface area contributed by atoms with E-state index in [1.54, 1.807) is 17.1 Å². The molecule has 2 N–H and O–H groups in total. The number of nitrogens with zero attached hydrogens (tertiary/aromatic N) is 1. The molecular weight excluding hydrogens is 296 g/mol. The Labute approximate surface area is 137 Å². The van der Waals surface area contributed by atoms with Gasteiger partial charge < -0.3 is 10.6 Å². The molecule has 1 aromatic rings. The molecule has 0 saturated heterocycles. The lowest BCUT2D eigenvalue weighted by Crippen LogP contribution is -2.53. The number of nitrogens with two attached hydrogens (primary N) is 1. The van der Waals surface area contributed by atoms with Crippen LogP contribution in [0, 0.1) is 5.41 Å². The summed E-state index contributed by atoms with van der Waals surface area (Å²) in [5.74, 6) is 0.0889. The number of hydrogen-bond donors (Lipinski definition) is 1. The molecule has 0 aliphatic heterocycles. The lowest BCUT2D eigenvalue weighted by atomic mass is 9.61. The minimum Gasteiger partial charge on any atom is -0.335 e. The van der Waals surface area contributed by atoms with E-state index in [9.17, 15) is 4.79 Å². The van der Waals surface area contributed by atoms with Crippen molar-refractivity contribution in [3.8, 4) is 0 Å². The second-order valence-electron chi connectivity index (χ2n) is 5.83. The highest BCUT2D eigenvalue weighted by atomic mass is 35.5. The van der Waals surface area contributed by atoms with Gasteiger partial charge in [-0.25, -0.2) is 0 Å². The van der Waals surface area contributed by atoms with Crippen LogP contribution >= 0.6 is 11.6 Å². The van der Waals surface area contributed by atoms with Gasteiger partial charge in [-0.15, -0.1) is 13.2 Å². The van der Waals surface area contributed by atoms with Crippen molar-refractivity contribution in [2.75, 3.05) is 13.1 Å². The van der Waals surface area contributed by atoms with Gasteiger partial charge in [-0.3, -0.25) is 4.79 Å². The van der Waals surface area contributed by atoms with Crippen LogP contribution in [0.3, 0.4) is 0 Å². The van der Waals surface area contributed by atoms with Crippen molar-refractivity contribution in [1.82, 2.24) is 4.90 Å². The minimum atomic E-state index is -0.531. The van der Waals surface area contributed by atoms with Crippen LogP contribution in [-0.2, 0) is 4.79 Å². The van der Waals surface area contributed by atoms with Gasteiger partial charge in [-0.05, 0) is 30.5 Å². The van der Waals surface area contributed by atoms with Crippen LogP contribution in [-0.4, -0.2) is 23.9 Å². The summed E-state index contributed by atoms with van der Waals surface area (Å²) in [6.45, 7) is 8.48. The maximum atomic E-state index is 13.0. The smallest absolute Gasteiger partial charge is 0.231 e. The number of hydrogen-bond acceptors (Lipinski definition) is 2. The molecule has 4 heteroatoms. The standard InChI is InChI=1S/C18H23ClN2O/c1-3-11-21(12-4-2)17(22)18(9-6-10-18)16(20)14-7-5-8-15(19)13-14/h3-5,7-8,13,16H,1-2,6,9-12,20H2. The highest BCUT2D eigenvalue weighted by Crippen LogP contribution is 2.50. The second kappa shape index (κ2) is 7.12. The van der Waals surface area contributed by atoms with Gasteiger partial charge in [0.1, 0.15) is 0 Å². The zero-order valence-electron chi connectivity index (χ0n) is 12.8. The topological polar surface area (TPSA) is 46.3 Å². The first kappa shape index (κ1) is 16.8. The third kappa shape index (κ3) is 3.11. The average molecular weight is 319 g/mol. The lowest BCUT2D eigenvalue weighted by Gasteiger charge is -2.47. The van der Waals surface area contributed by atoms with E-state index < -0.39 is 5.41 Å². The van der Waals surface area contributed by atoms with Crippen LogP contribution in [0.15, 0.2) is 49.6 Å². The molecule has 0 aromatic heterocycles. The van der Waals surface area contributed by atoms with Crippen molar-refractivity contribution in [2.45, 2.75) is 25.3 Å². The summed E-state index contributed by atoms with van der Waals surface area (Å²) in [6, 6.07) is 7.14. The molecular formula is C18H23ClN2O. The van der Waals surface area contributed by atoms with E-state index in [1.165, 1.54) is 0 Å².